The Hall–Kier alpha value is -3.12. The summed E-state index contributed by atoms with van der Waals surface area (Å²) in [7, 11) is 1.56. The predicted octanol–water partition coefficient (Wildman–Crippen LogP) is 1.46. The number of carbonyl (C=O) groups excluding carboxylic acids is 2. The molecule has 0 aromatic heterocycles. The molecule has 0 spiro atoms. The summed E-state index contributed by atoms with van der Waals surface area (Å²) in [5, 5.41) is 13.6. The standard InChI is InChI=1S/C26H32N2O4/c1-6-27(7-2)14-15-28-23(19-10-8-17(3)9-11-19)22(25(30)26(28)31)24(29)21-13-12-20(32-5)16-18(21)4/h8-13,16,23,29H,6-7,14-15H2,1-5H3. The highest BCUT2D eigenvalue weighted by Crippen LogP contribution is 2.39. The van der Waals surface area contributed by atoms with Crippen molar-refractivity contribution in [1.29, 1.82) is 0 Å². The average molecular weight is 437 g/mol. The molecule has 1 fully saturated rings. The van der Waals surface area contributed by atoms with Crippen molar-refractivity contribution < 1.29 is 24.3 Å². The van der Waals surface area contributed by atoms with Crippen LogP contribution in [0.5, 0.6) is 5.75 Å². The molecule has 1 saturated heterocycles. The van der Waals surface area contributed by atoms with Gasteiger partial charge in [-0.15, -0.1) is 0 Å². The van der Waals surface area contributed by atoms with E-state index in [0.29, 0.717) is 23.4 Å². The van der Waals surface area contributed by atoms with Crippen LogP contribution in [0.15, 0.2) is 48.0 Å². The number of amides is 1. The van der Waals surface area contributed by atoms with Gasteiger partial charge in [-0.05, 0) is 56.5 Å². The van der Waals surface area contributed by atoms with E-state index in [9.17, 15) is 14.7 Å². The number of hydrogen-bond donors (Lipinski definition) is 1. The Kier molecular flexibility index (Phi) is 7.36. The summed E-state index contributed by atoms with van der Waals surface area (Å²) in [6.45, 7) is 11.0. The summed E-state index contributed by atoms with van der Waals surface area (Å²) >= 11 is 0. The highest BCUT2D eigenvalue weighted by atomic mass is 16.5. The first-order chi connectivity index (χ1) is 15.3. The van der Waals surface area contributed by atoms with Gasteiger partial charge in [0.1, 0.15) is 5.75 Å². The zero-order valence-electron chi connectivity index (χ0n) is 19.5. The minimum absolute atomic E-state index is 0.0293. The van der Waals surface area contributed by atoms with E-state index in [1.807, 2.05) is 31.2 Å². The van der Waals surface area contributed by atoms with Crippen molar-refractivity contribution in [2.75, 3.05) is 33.3 Å². The highest BCUT2D eigenvalue weighted by Gasteiger charge is 2.44. The molecule has 0 radical (unpaired) electrons. The van der Waals surface area contributed by atoms with Gasteiger partial charge in [0.15, 0.2) is 0 Å². The van der Waals surface area contributed by atoms with Crippen LogP contribution in [0.2, 0.25) is 0 Å². The fourth-order valence-electron chi connectivity index (χ4n) is 4.24. The van der Waals surface area contributed by atoms with Crippen molar-refractivity contribution in [2.45, 2.75) is 33.7 Å². The summed E-state index contributed by atoms with van der Waals surface area (Å²) in [6, 6.07) is 12.1. The number of nitrogens with one attached hydrogen (secondary N) is 1. The summed E-state index contributed by atoms with van der Waals surface area (Å²) in [4.78, 5) is 29.1. The van der Waals surface area contributed by atoms with Crippen LogP contribution in [-0.4, -0.2) is 49.9 Å². The molecule has 0 bridgehead atoms. The van der Waals surface area contributed by atoms with Crippen LogP contribution in [0.4, 0.5) is 0 Å². The molecule has 3 rings (SSSR count). The first kappa shape index (κ1) is 23.5. The Balaban J connectivity index is 2.12. The van der Waals surface area contributed by atoms with E-state index in [1.165, 1.54) is 4.90 Å². The number of hydrogen-bond acceptors (Lipinski definition) is 4. The third kappa shape index (κ3) is 4.55. The van der Waals surface area contributed by atoms with Gasteiger partial charge in [0.25, 0.3) is 5.91 Å². The van der Waals surface area contributed by atoms with E-state index in [0.717, 1.165) is 30.8 Å². The lowest BCUT2D eigenvalue weighted by molar-refractivity contribution is -0.895. The van der Waals surface area contributed by atoms with Gasteiger partial charge in [0.05, 0.1) is 39.3 Å². The van der Waals surface area contributed by atoms with E-state index in [1.54, 1.807) is 37.1 Å². The number of methoxy groups -OCH3 is 1. The maximum absolute atomic E-state index is 13.6. The highest BCUT2D eigenvalue weighted by molar-refractivity contribution is 6.46. The van der Waals surface area contributed by atoms with Crippen LogP contribution in [-0.2, 0) is 9.59 Å². The zero-order chi connectivity index (χ0) is 23.4. The molecule has 6 heteroatoms. The average Bonchev–Trinajstić information content (AvgIpc) is 3.04. The smallest absolute Gasteiger partial charge is 0.295 e. The number of quaternary nitrogens is 1. The minimum Gasteiger partial charge on any atom is -0.872 e. The lowest BCUT2D eigenvalue weighted by Gasteiger charge is -2.29. The monoisotopic (exact) mass is 436 g/mol. The van der Waals surface area contributed by atoms with Gasteiger partial charge in [-0.1, -0.05) is 41.7 Å². The van der Waals surface area contributed by atoms with Gasteiger partial charge in [-0.3, -0.25) is 9.59 Å². The van der Waals surface area contributed by atoms with Crippen molar-refractivity contribution >= 4 is 17.4 Å². The van der Waals surface area contributed by atoms with Crippen molar-refractivity contribution in [3.8, 4) is 5.75 Å². The number of nitrogens with zero attached hydrogens (tertiary/aromatic N) is 1. The number of carbonyl (C=O) groups is 2. The summed E-state index contributed by atoms with van der Waals surface area (Å²) in [6.07, 6.45) is 0. The normalized spacial score (nSPS) is 17.9. The third-order valence-corrected chi connectivity index (χ3v) is 6.31. The molecule has 170 valence electrons. The Labute approximate surface area is 190 Å². The zero-order valence-corrected chi connectivity index (χ0v) is 19.5. The molecule has 1 aliphatic heterocycles. The second kappa shape index (κ2) is 10.0. The van der Waals surface area contributed by atoms with Gasteiger partial charge in [-0.2, -0.15) is 0 Å². The van der Waals surface area contributed by atoms with E-state index < -0.39 is 23.5 Å². The predicted molar refractivity (Wildman–Crippen MR) is 122 cm³/mol. The number of ketones is 1. The lowest BCUT2D eigenvalue weighted by atomic mass is 9.93. The van der Waals surface area contributed by atoms with Gasteiger partial charge >= 0.3 is 0 Å². The summed E-state index contributed by atoms with van der Waals surface area (Å²) in [5.74, 6) is -1.06. The number of Topliss-reactive ketones (excluding diaryl/α,β-unsaturated/α-hetero) is 1. The van der Waals surface area contributed by atoms with Crippen LogP contribution in [0.1, 0.15) is 42.1 Å². The quantitative estimate of drug-likeness (QED) is 0.386. The van der Waals surface area contributed by atoms with E-state index in [4.69, 9.17) is 4.74 Å². The second-order valence-corrected chi connectivity index (χ2v) is 8.27. The van der Waals surface area contributed by atoms with Crippen molar-refractivity contribution in [3.63, 3.8) is 0 Å². The fourth-order valence-corrected chi connectivity index (χ4v) is 4.24. The lowest BCUT2D eigenvalue weighted by Crippen LogP contribution is -3.12. The maximum Gasteiger partial charge on any atom is 0.295 e. The SMILES string of the molecule is CC[NH+](CC)CCN1C(=O)C(=O)C(=C([O-])c2ccc(OC)cc2C)C1c1ccc(C)cc1. The van der Waals surface area contributed by atoms with Crippen molar-refractivity contribution in [1.82, 2.24) is 4.90 Å². The Morgan fingerprint density at radius 1 is 1.06 bits per heavy atom. The molecule has 6 nitrogen and oxygen atoms in total. The Morgan fingerprint density at radius 3 is 2.28 bits per heavy atom. The number of aryl methyl sites for hydroxylation is 2. The number of rotatable bonds is 8. The molecular weight excluding hydrogens is 404 g/mol. The van der Waals surface area contributed by atoms with Crippen LogP contribution < -0.4 is 14.7 Å². The number of likely N-dealkylation sites (N-methyl/N-ethyl adjacent to an activating group) is 1. The summed E-state index contributed by atoms with van der Waals surface area (Å²) in [5.41, 5.74) is 2.99. The maximum atomic E-state index is 13.6. The van der Waals surface area contributed by atoms with Gasteiger partial charge in [0.2, 0.25) is 5.78 Å². The Morgan fingerprint density at radius 2 is 1.72 bits per heavy atom. The molecule has 0 saturated carbocycles. The van der Waals surface area contributed by atoms with Crippen LogP contribution in [0, 0.1) is 13.8 Å². The van der Waals surface area contributed by atoms with Crippen molar-refractivity contribution in [3.05, 3.63) is 70.3 Å². The molecule has 1 amide bonds. The third-order valence-electron chi connectivity index (χ3n) is 6.31. The number of benzene rings is 2. The molecule has 1 unspecified atom stereocenters. The molecule has 1 N–H and O–H groups in total. The van der Waals surface area contributed by atoms with Crippen LogP contribution >= 0.6 is 0 Å². The van der Waals surface area contributed by atoms with Crippen LogP contribution in [0.3, 0.4) is 0 Å². The Bertz CT molecular complexity index is 1020. The molecule has 2 aromatic rings. The fraction of sp³-hybridized carbons (Fsp3) is 0.385. The second-order valence-electron chi connectivity index (χ2n) is 8.27. The summed E-state index contributed by atoms with van der Waals surface area (Å²) < 4.78 is 5.24. The molecule has 2 aromatic carbocycles. The van der Waals surface area contributed by atoms with Gasteiger partial charge in [0, 0.05) is 5.57 Å². The first-order valence-electron chi connectivity index (χ1n) is 11.1. The number of ether oxygens (including phenoxy) is 1. The first-order valence-corrected chi connectivity index (χ1v) is 11.1. The molecule has 1 heterocycles. The van der Waals surface area contributed by atoms with E-state index in [2.05, 4.69) is 13.8 Å². The molecule has 32 heavy (non-hydrogen) atoms. The number of likely N-dealkylation sites (tertiary alicyclic amines) is 1. The largest absolute Gasteiger partial charge is 0.872 e. The topological polar surface area (TPSA) is 74.1 Å². The van der Waals surface area contributed by atoms with E-state index >= 15 is 0 Å². The minimum atomic E-state index is -0.703. The molecular formula is C26H32N2O4. The van der Waals surface area contributed by atoms with Gasteiger partial charge in [-0.25, -0.2) is 0 Å². The van der Waals surface area contributed by atoms with Crippen LogP contribution in [0.25, 0.3) is 5.76 Å². The molecule has 1 aliphatic rings. The molecule has 0 aliphatic carbocycles. The van der Waals surface area contributed by atoms with Crippen molar-refractivity contribution in [2.24, 2.45) is 0 Å². The molecule has 1 atom stereocenters. The van der Waals surface area contributed by atoms with Gasteiger partial charge < -0.3 is 19.6 Å². The van der Waals surface area contributed by atoms with E-state index in [-0.39, 0.29) is 5.57 Å².